The van der Waals surface area contributed by atoms with Crippen LogP contribution in [-0.4, -0.2) is 15.1 Å². The Hall–Kier alpha value is -1.36. The largest absolute Gasteiger partial charge is 0.493 e. The molecule has 0 unspecified atom stereocenters. The number of aromatic nitrogens is 2. The van der Waals surface area contributed by atoms with Crippen molar-refractivity contribution in [1.29, 1.82) is 0 Å². The molecule has 4 N–H and O–H groups in total. The zero-order valence-corrected chi connectivity index (χ0v) is 10.3. The fourth-order valence-electron chi connectivity index (χ4n) is 2.36. The summed E-state index contributed by atoms with van der Waals surface area (Å²) in [4.78, 5) is 18.7. The molecule has 5 nitrogen and oxygen atoms in total. The highest BCUT2D eigenvalue weighted by Crippen LogP contribution is 2.35. The fourth-order valence-corrected chi connectivity index (χ4v) is 2.36. The quantitative estimate of drug-likeness (QED) is 0.723. The Labute approximate surface area is 100 Å². The number of hydrogen-bond acceptors (Lipinski definition) is 4. The first kappa shape index (κ1) is 12.1. The van der Waals surface area contributed by atoms with Crippen LogP contribution in [0.5, 0.6) is 5.88 Å². The van der Waals surface area contributed by atoms with Crippen molar-refractivity contribution in [3.63, 3.8) is 0 Å². The highest BCUT2D eigenvalue weighted by Gasteiger charge is 2.26. The van der Waals surface area contributed by atoms with Gasteiger partial charge >= 0.3 is 0 Å². The first-order valence-corrected chi connectivity index (χ1v) is 6.02. The molecule has 0 radical (unpaired) electrons. The van der Waals surface area contributed by atoms with Crippen LogP contribution in [0.25, 0.3) is 0 Å². The number of hydrogen-bond donors (Lipinski definition) is 3. The first-order chi connectivity index (χ1) is 7.89. The van der Waals surface area contributed by atoms with Gasteiger partial charge in [0.05, 0.1) is 11.1 Å². The molecule has 2 rings (SSSR count). The van der Waals surface area contributed by atoms with Crippen LogP contribution in [0.4, 0.5) is 0 Å². The minimum atomic E-state index is -0.759. The predicted octanol–water partition coefficient (Wildman–Crippen LogP) is 1.33. The Bertz CT molecular complexity index is 468. The van der Waals surface area contributed by atoms with E-state index in [0.717, 1.165) is 25.7 Å². The summed E-state index contributed by atoms with van der Waals surface area (Å²) in [5.41, 5.74) is 5.27. The number of aromatic amines is 1. The van der Waals surface area contributed by atoms with Crippen molar-refractivity contribution >= 4 is 0 Å². The van der Waals surface area contributed by atoms with Crippen molar-refractivity contribution in [2.45, 2.75) is 51.0 Å². The SMILES string of the molecule is CC(C)(N)c1nc(O)c(C2CCCC2)c(=O)[nH]1. The van der Waals surface area contributed by atoms with Crippen molar-refractivity contribution in [3.8, 4) is 5.88 Å². The van der Waals surface area contributed by atoms with Gasteiger partial charge < -0.3 is 15.8 Å². The molecule has 1 heterocycles. The van der Waals surface area contributed by atoms with Gasteiger partial charge in [0.1, 0.15) is 5.82 Å². The maximum Gasteiger partial charge on any atom is 0.258 e. The number of nitrogens with one attached hydrogen (secondary N) is 1. The second-order valence-corrected chi connectivity index (χ2v) is 5.35. The van der Waals surface area contributed by atoms with Crippen LogP contribution in [0.15, 0.2) is 4.79 Å². The minimum Gasteiger partial charge on any atom is -0.493 e. The van der Waals surface area contributed by atoms with Gasteiger partial charge in [-0.15, -0.1) is 0 Å². The van der Waals surface area contributed by atoms with E-state index in [1.54, 1.807) is 13.8 Å². The summed E-state index contributed by atoms with van der Waals surface area (Å²) >= 11 is 0. The van der Waals surface area contributed by atoms with E-state index < -0.39 is 5.54 Å². The van der Waals surface area contributed by atoms with Crippen LogP contribution >= 0.6 is 0 Å². The molecule has 0 amide bonds. The highest BCUT2D eigenvalue weighted by molar-refractivity contribution is 5.28. The molecule has 1 fully saturated rings. The summed E-state index contributed by atoms with van der Waals surface area (Å²) in [6.45, 7) is 3.47. The molecule has 0 spiro atoms. The van der Waals surface area contributed by atoms with Gasteiger partial charge in [-0.2, -0.15) is 4.98 Å². The molecule has 17 heavy (non-hydrogen) atoms. The fraction of sp³-hybridized carbons (Fsp3) is 0.667. The van der Waals surface area contributed by atoms with Crippen LogP contribution in [-0.2, 0) is 5.54 Å². The lowest BCUT2D eigenvalue weighted by atomic mass is 9.99. The van der Waals surface area contributed by atoms with Crippen molar-refractivity contribution in [2.24, 2.45) is 5.73 Å². The normalized spacial score (nSPS) is 17.6. The van der Waals surface area contributed by atoms with E-state index in [1.165, 1.54) is 0 Å². The Morgan fingerprint density at radius 2 is 2.00 bits per heavy atom. The second kappa shape index (κ2) is 4.14. The van der Waals surface area contributed by atoms with Crippen LogP contribution in [0.3, 0.4) is 0 Å². The van der Waals surface area contributed by atoms with E-state index in [2.05, 4.69) is 9.97 Å². The third-order valence-electron chi connectivity index (χ3n) is 3.31. The lowest BCUT2D eigenvalue weighted by molar-refractivity contribution is 0.416. The molecule has 0 atom stereocenters. The third kappa shape index (κ3) is 2.34. The molecule has 1 aromatic rings. The molecule has 0 bridgehead atoms. The molecule has 1 aliphatic rings. The van der Waals surface area contributed by atoms with Crippen molar-refractivity contribution in [1.82, 2.24) is 9.97 Å². The van der Waals surface area contributed by atoms with Gasteiger partial charge in [0.15, 0.2) is 0 Å². The summed E-state index contributed by atoms with van der Waals surface area (Å²) < 4.78 is 0. The molecule has 0 aliphatic heterocycles. The highest BCUT2D eigenvalue weighted by atomic mass is 16.3. The predicted molar refractivity (Wildman–Crippen MR) is 64.9 cm³/mol. The summed E-state index contributed by atoms with van der Waals surface area (Å²) in [7, 11) is 0. The Morgan fingerprint density at radius 3 is 2.47 bits per heavy atom. The molecular formula is C12H19N3O2. The van der Waals surface area contributed by atoms with Crippen molar-refractivity contribution in [2.75, 3.05) is 0 Å². The number of rotatable bonds is 2. The number of H-pyrrole nitrogens is 1. The van der Waals surface area contributed by atoms with E-state index in [4.69, 9.17) is 5.73 Å². The van der Waals surface area contributed by atoms with Gasteiger partial charge in [-0.25, -0.2) is 0 Å². The molecule has 0 aromatic carbocycles. The zero-order chi connectivity index (χ0) is 12.6. The van der Waals surface area contributed by atoms with E-state index >= 15 is 0 Å². The van der Waals surface area contributed by atoms with Crippen LogP contribution in [0.1, 0.15) is 56.8 Å². The zero-order valence-electron chi connectivity index (χ0n) is 10.3. The molecule has 1 saturated carbocycles. The maximum absolute atomic E-state index is 12.0. The Balaban J connectivity index is 2.46. The van der Waals surface area contributed by atoms with E-state index in [0.29, 0.717) is 11.4 Å². The standard InChI is InChI=1S/C12H19N3O2/c1-12(2,13)11-14-9(16)8(10(17)15-11)7-5-3-4-6-7/h7H,3-6,13H2,1-2H3,(H2,14,15,16,17). The van der Waals surface area contributed by atoms with Crippen LogP contribution in [0.2, 0.25) is 0 Å². The first-order valence-electron chi connectivity index (χ1n) is 6.02. The second-order valence-electron chi connectivity index (χ2n) is 5.35. The van der Waals surface area contributed by atoms with Gasteiger partial charge in [-0.1, -0.05) is 12.8 Å². The van der Waals surface area contributed by atoms with Crippen LogP contribution < -0.4 is 11.3 Å². The smallest absolute Gasteiger partial charge is 0.258 e. The number of nitrogens with two attached hydrogens (primary N) is 1. The lowest BCUT2D eigenvalue weighted by Crippen LogP contribution is -2.34. The lowest BCUT2D eigenvalue weighted by Gasteiger charge is -2.19. The topological polar surface area (TPSA) is 92.0 Å². The molecule has 1 aliphatic carbocycles. The monoisotopic (exact) mass is 237 g/mol. The summed E-state index contributed by atoms with van der Waals surface area (Å²) in [6, 6.07) is 0. The molecular weight excluding hydrogens is 218 g/mol. The Morgan fingerprint density at radius 1 is 1.41 bits per heavy atom. The van der Waals surface area contributed by atoms with Crippen molar-refractivity contribution in [3.05, 3.63) is 21.7 Å². The van der Waals surface area contributed by atoms with E-state index in [9.17, 15) is 9.90 Å². The van der Waals surface area contributed by atoms with Gasteiger partial charge in [0.2, 0.25) is 5.88 Å². The van der Waals surface area contributed by atoms with Gasteiger partial charge in [-0.3, -0.25) is 4.79 Å². The van der Waals surface area contributed by atoms with Gasteiger partial charge in [0.25, 0.3) is 5.56 Å². The average molecular weight is 237 g/mol. The van der Waals surface area contributed by atoms with E-state index in [-0.39, 0.29) is 17.4 Å². The average Bonchev–Trinajstić information content (AvgIpc) is 2.68. The summed E-state index contributed by atoms with van der Waals surface area (Å²) in [6.07, 6.45) is 4.11. The third-order valence-corrected chi connectivity index (χ3v) is 3.31. The van der Waals surface area contributed by atoms with E-state index in [1.807, 2.05) is 0 Å². The van der Waals surface area contributed by atoms with Gasteiger partial charge in [-0.05, 0) is 32.6 Å². The number of nitrogens with zero attached hydrogens (tertiary/aromatic N) is 1. The molecule has 94 valence electrons. The maximum atomic E-state index is 12.0. The van der Waals surface area contributed by atoms with Crippen LogP contribution in [0, 0.1) is 0 Å². The molecule has 0 saturated heterocycles. The number of aromatic hydroxyl groups is 1. The summed E-state index contributed by atoms with van der Waals surface area (Å²) in [5, 5.41) is 9.91. The Kier molecular flexibility index (Phi) is 2.95. The minimum absolute atomic E-state index is 0.140. The molecule has 1 aromatic heterocycles. The van der Waals surface area contributed by atoms with Gasteiger partial charge in [0, 0.05) is 0 Å². The molecule has 5 heteroatoms. The summed E-state index contributed by atoms with van der Waals surface area (Å²) in [5.74, 6) is 0.303. The van der Waals surface area contributed by atoms with Crippen molar-refractivity contribution < 1.29 is 5.11 Å².